The first-order valence-corrected chi connectivity index (χ1v) is 8.77. The molecule has 0 saturated carbocycles. The van der Waals surface area contributed by atoms with Crippen LogP contribution >= 0.6 is 11.9 Å². The summed E-state index contributed by atoms with van der Waals surface area (Å²) in [6, 6.07) is 11.6. The van der Waals surface area contributed by atoms with Crippen LogP contribution in [0.5, 0.6) is 0 Å². The highest BCUT2D eigenvalue weighted by molar-refractivity contribution is 7.97. The van der Waals surface area contributed by atoms with Crippen LogP contribution in [0.3, 0.4) is 0 Å². The fraction of sp³-hybridized carbons (Fsp3) is 0.333. The average molecular weight is 311 g/mol. The van der Waals surface area contributed by atoms with E-state index >= 15 is 0 Å². The maximum Gasteiger partial charge on any atom is 0.0498 e. The molecule has 4 heteroatoms. The molecule has 1 saturated heterocycles. The smallest absolute Gasteiger partial charge is 0.0498 e. The Kier molecular flexibility index (Phi) is 3.60. The lowest BCUT2D eigenvalue weighted by molar-refractivity contribution is 0.693. The predicted octanol–water partition coefficient (Wildman–Crippen LogP) is 2.90. The third-order valence-corrected chi connectivity index (χ3v) is 5.65. The molecule has 3 nitrogen and oxygen atoms in total. The fourth-order valence-corrected chi connectivity index (χ4v) is 4.38. The maximum absolute atomic E-state index is 4.28. The van der Waals surface area contributed by atoms with E-state index in [0.29, 0.717) is 6.04 Å². The number of hydrogen-bond donors (Lipinski definition) is 2. The third-order valence-electron chi connectivity index (χ3n) is 4.62. The van der Waals surface area contributed by atoms with Crippen molar-refractivity contribution >= 4 is 40.2 Å². The minimum Gasteiger partial charge on any atom is -0.341 e. The molecule has 114 valence electrons. The molecule has 1 aromatic heterocycles. The summed E-state index contributed by atoms with van der Waals surface area (Å²) < 4.78 is 5.91. The Morgan fingerprint density at radius 1 is 1.32 bits per heavy atom. The van der Waals surface area contributed by atoms with Crippen LogP contribution in [-0.2, 0) is 6.54 Å². The van der Waals surface area contributed by atoms with Gasteiger partial charge in [-0.2, -0.15) is 0 Å². The van der Waals surface area contributed by atoms with Crippen LogP contribution in [0.15, 0.2) is 35.2 Å². The molecule has 3 aromatic rings. The van der Waals surface area contributed by atoms with Gasteiger partial charge in [-0.25, -0.2) is 0 Å². The fourth-order valence-electron chi connectivity index (χ4n) is 3.47. The topological polar surface area (TPSA) is 29.0 Å². The number of nitrogens with zero attached hydrogens (tertiary/aromatic N) is 1. The highest BCUT2D eigenvalue weighted by Crippen LogP contribution is 2.33. The number of hydrogen-bond acceptors (Lipinski definition) is 3. The van der Waals surface area contributed by atoms with Crippen molar-refractivity contribution in [2.45, 2.75) is 30.8 Å². The van der Waals surface area contributed by atoms with Gasteiger partial charge in [-0.15, -0.1) is 0 Å². The summed E-state index contributed by atoms with van der Waals surface area (Å²) >= 11 is 1.76. The first-order valence-electron chi connectivity index (χ1n) is 7.95. The summed E-state index contributed by atoms with van der Waals surface area (Å²) in [7, 11) is 0. The van der Waals surface area contributed by atoms with Gasteiger partial charge in [0.05, 0.1) is 0 Å². The average Bonchev–Trinajstić information content (AvgIpc) is 3.15. The molecule has 2 aromatic carbocycles. The van der Waals surface area contributed by atoms with Crippen LogP contribution in [-0.4, -0.2) is 23.7 Å². The predicted molar refractivity (Wildman–Crippen MR) is 96.1 cm³/mol. The van der Waals surface area contributed by atoms with Crippen LogP contribution in [0.2, 0.25) is 0 Å². The Morgan fingerprint density at radius 2 is 2.18 bits per heavy atom. The lowest BCUT2D eigenvalue weighted by Gasteiger charge is -2.12. The van der Waals surface area contributed by atoms with Crippen LogP contribution < -0.4 is 15.4 Å². The van der Waals surface area contributed by atoms with Gasteiger partial charge in [0.1, 0.15) is 0 Å². The van der Waals surface area contributed by atoms with E-state index in [1.54, 1.807) is 11.9 Å². The zero-order chi connectivity index (χ0) is 15.1. The van der Waals surface area contributed by atoms with E-state index in [0.717, 1.165) is 25.0 Å². The monoisotopic (exact) mass is 311 g/mol. The van der Waals surface area contributed by atoms with Crippen molar-refractivity contribution in [1.29, 1.82) is 0 Å². The second-order valence-corrected chi connectivity index (χ2v) is 6.79. The van der Waals surface area contributed by atoms with Crippen LogP contribution in [0.25, 0.3) is 28.3 Å². The lowest BCUT2D eigenvalue weighted by Crippen LogP contribution is -2.25. The molecule has 4 rings (SSSR count). The van der Waals surface area contributed by atoms with E-state index in [2.05, 4.69) is 58.4 Å². The van der Waals surface area contributed by atoms with Gasteiger partial charge in [0, 0.05) is 45.7 Å². The van der Waals surface area contributed by atoms with Gasteiger partial charge >= 0.3 is 0 Å². The van der Waals surface area contributed by atoms with Gasteiger partial charge in [-0.3, -0.25) is 4.72 Å². The molecule has 2 heterocycles. The molecule has 1 atom stereocenters. The minimum atomic E-state index is 0.565. The van der Waals surface area contributed by atoms with Gasteiger partial charge in [-0.1, -0.05) is 24.8 Å². The Bertz CT molecular complexity index is 862. The first-order chi connectivity index (χ1) is 10.8. The SMILES string of the molecule is C=c1c2cccc3c(SNC4CCNC4)ccc(c32)n1CC. The van der Waals surface area contributed by atoms with Crippen molar-refractivity contribution < 1.29 is 0 Å². The Morgan fingerprint density at radius 3 is 2.95 bits per heavy atom. The third kappa shape index (κ3) is 2.14. The zero-order valence-electron chi connectivity index (χ0n) is 12.9. The van der Waals surface area contributed by atoms with E-state index in [1.807, 2.05) is 0 Å². The summed E-state index contributed by atoms with van der Waals surface area (Å²) in [6.45, 7) is 9.60. The Hall–Kier alpha value is -1.49. The number of rotatable bonds is 4. The number of nitrogens with one attached hydrogen (secondary N) is 2. The molecule has 1 unspecified atom stereocenters. The molecule has 1 aliphatic heterocycles. The van der Waals surface area contributed by atoms with E-state index < -0.39 is 0 Å². The summed E-state index contributed by atoms with van der Waals surface area (Å²) in [5.74, 6) is 0. The molecular formula is C18H21N3S. The van der Waals surface area contributed by atoms with Crippen molar-refractivity contribution in [3.8, 4) is 0 Å². The highest BCUT2D eigenvalue weighted by atomic mass is 32.2. The molecular weight excluding hydrogens is 290 g/mol. The summed E-state index contributed by atoms with van der Waals surface area (Å²) in [6.07, 6.45) is 1.20. The standard InChI is InChI=1S/C18H21N3S/c1-3-21-12(2)14-5-4-6-15-17(8-7-16(21)18(14)15)22-20-13-9-10-19-11-13/h4-8,13,19-20H,2-3,9-11H2,1H3. The van der Waals surface area contributed by atoms with Crippen molar-refractivity contribution in [3.63, 3.8) is 0 Å². The largest absolute Gasteiger partial charge is 0.341 e. The van der Waals surface area contributed by atoms with E-state index in [1.165, 1.54) is 33.0 Å². The molecule has 1 fully saturated rings. The second kappa shape index (κ2) is 5.61. The van der Waals surface area contributed by atoms with Crippen molar-refractivity contribution in [2.75, 3.05) is 13.1 Å². The van der Waals surface area contributed by atoms with Gasteiger partial charge in [0.2, 0.25) is 0 Å². The van der Waals surface area contributed by atoms with Crippen LogP contribution in [0, 0.1) is 0 Å². The van der Waals surface area contributed by atoms with Crippen LogP contribution in [0.1, 0.15) is 13.3 Å². The van der Waals surface area contributed by atoms with Gasteiger partial charge in [0.25, 0.3) is 0 Å². The second-order valence-electron chi connectivity index (χ2n) is 5.91. The van der Waals surface area contributed by atoms with Crippen molar-refractivity contribution in [2.24, 2.45) is 0 Å². The minimum absolute atomic E-state index is 0.565. The summed E-state index contributed by atoms with van der Waals surface area (Å²) in [4.78, 5) is 1.30. The first kappa shape index (κ1) is 14.1. The van der Waals surface area contributed by atoms with E-state index in [9.17, 15) is 0 Å². The molecule has 0 amide bonds. The molecule has 0 radical (unpaired) electrons. The molecule has 0 aliphatic carbocycles. The summed E-state index contributed by atoms with van der Waals surface area (Å²) in [5.41, 5.74) is 1.30. The quantitative estimate of drug-likeness (QED) is 0.726. The molecule has 0 bridgehead atoms. The van der Waals surface area contributed by atoms with Gasteiger partial charge < -0.3 is 9.88 Å². The molecule has 1 aliphatic rings. The highest BCUT2D eigenvalue weighted by Gasteiger charge is 2.16. The Balaban J connectivity index is 1.80. The van der Waals surface area contributed by atoms with Crippen LogP contribution in [0.4, 0.5) is 0 Å². The zero-order valence-corrected chi connectivity index (χ0v) is 13.7. The van der Waals surface area contributed by atoms with Crippen molar-refractivity contribution in [1.82, 2.24) is 14.6 Å². The molecule has 0 spiro atoms. The van der Waals surface area contributed by atoms with Crippen molar-refractivity contribution in [3.05, 3.63) is 35.7 Å². The van der Waals surface area contributed by atoms with E-state index in [-0.39, 0.29) is 0 Å². The Labute approximate surface area is 134 Å². The van der Waals surface area contributed by atoms with E-state index in [4.69, 9.17) is 0 Å². The summed E-state index contributed by atoms with van der Waals surface area (Å²) in [5, 5.41) is 8.48. The van der Waals surface area contributed by atoms with Gasteiger partial charge in [-0.05, 0) is 49.4 Å². The maximum atomic E-state index is 4.28. The normalized spacial score (nSPS) is 18.7. The molecule has 2 N–H and O–H groups in total. The number of aryl methyl sites for hydroxylation is 1. The van der Waals surface area contributed by atoms with Gasteiger partial charge in [0.15, 0.2) is 0 Å². The number of aromatic nitrogens is 1. The lowest BCUT2D eigenvalue weighted by atomic mass is 10.1. The molecule has 22 heavy (non-hydrogen) atoms. The number of benzene rings is 2.